The molecule has 0 aliphatic carbocycles. The minimum absolute atomic E-state index is 0.481. The van der Waals surface area contributed by atoms with Crippen molar-refractivity contribution in [2.75, 3.05) is 36.5 Å². The second-order valence-corrected chi connectivity index (χ2v) is 7.42. The molecule has 0 spiro atoms. The van der Waals surface area contributed by atoms with E-state index >= 15 is 0 Å². The summed E-state index contributed by atoms with van der Waals surface area (Å²) in [4.78, 5) is 3.43. The summed E-state index contributed by atoms with van der Waals surface area (Å²) in [5.74, 6) is 0. The van der Waals surface area contributed by atoms with Crippen LogP contribution in [0.3, 0.4) is 0 Å². The zero-order chi connectivity index (χ0) is 17.6. The molecule has 25 heavy (non-hydrogen) atoms. The van der Waals surface area contributed by atoms with Crippen molar-refractivity contribution in [2.45, 2.75) is 13.8 Å². The third kappa shape index (κ3) is 5.01. The van der Waals surface area contributed by atoms with Gasteiger partial charge in [-0.2, -0.15) is 5.10 Å². The molecule has 1 aromatic heterocycles. The fraction of sp³-hybridized carbons (Fsp3) is 0.333. The summed E-state index contributed by atoms with van der Waals surface area (Å²) < 4.78 is 5.39. The van der Waals surface area contributed by atoms with E-state index in [0.717, 1.165) is 42.4 Å². The van der Waals surface area contributed by atoms with Crippen LogP contribution >= 0.6 is 23.6 Å². The number of nitrogens with one attached hydrogen (secondary N) is 2. The number of nitrogens with zero attached hydrogens (tertiary/aromatic N) is 2. The lowest BCUT2D eigenvalue weighted by Gasteiger charge is -2.27. The van der Waals surface area contributed by atoms with Crippen molar-refractivity contribution in [2.24, 2.45) is 5.10 Å². The number of aryl methyl sites for hydroxylation is 2. The smallest absolute Gasteiger partial charge is 0.191 e. The number of benzene rings is 1. The maximum Gasteiger partial charge on any atom is 0.191 e. The summed E-state index contributed by atoms with van der Waals surface area (Å²) in [6.07, 6.45) is 1.80. The lowest BCUT2D eigenvalue weighted by Crippen LogP contribution is -2.35. The minimum atomic E-state index is 0.481. The quantitative estimate of drug-likeness (QED) is 0.487. The topological polar surface area (TPSA) is 48.9 Å². The van der Waals surface area contributed by atoms with Crippen molar-refractivity contribution in [3.05, 3.63) is 46.3 Å². The molecule has 3 rings (SSSR count). The molecule has 1 saturated heterocycles. The second kappa shape index (κ2) is 8.42. The lowest BCUT2D eigenvalue weighted by molar-refractivity contribution is 0.123. The Hall–Kier alpha value is -1.96. The molecule has 2 heterocycles. The van der Waals surface area contributed by atoms with Gasteiger partial charge >= 0.3 is 0 Å². The Kier molecular flexibility index (Phi) is 6.01. The number of thiophene rings is 1. The molecule has 0 bridgehead atoms. The SMILES string of the molecule is Cc1ccc(C)c(NC(=S)N/N=C\c2ccc(N3CCOCC3)s2)c1. The molecular formula is C18H22N4OS2. The molecule has 1 aliphatic rings. The first kappa shape index (κ1) is 17.8. The van der Waals surface area contributed by atoms with E-state index in [-0.39, 0.29) is 0 Å². The Morgan fingerprint density at radius 1 is 1.24 bits per heavy atom. The van der Waals surface area contributed by atoms with Gasteiger partial charge in [-0.3, -0.25) is 5.43 Å². The molecule has 2 N–H and O–H groups in total. The maximum atomic E-state index is 5.39. The first-order valence-electron chi connectivity index (χ1n) is 8.21. The molecule has 0 amide bonds. The number of morpholine rings is 1. The first-order chi connectivity index (χ1) is 12.1. The number of thiocarbonyl (C=S) groups is 1. The minimum Gasteiger partial charge on any atom is -0.378 e. The fourth-order valence-corrected chi connectivity index (χ4v) is 3.63. The van der Waals surface area contributed by atoms with E-state index in [1.165, 1.54) is 10.6 Å². The Bertz CT molecular complexity index is 766. The third-order valence-electron chi connectivity index (χ3n) is 3.93. The largest absolute Gasteiger partial charge is 0.378 e. The summed E-state index contributed by atoms with van der Waals surface area (Å²) in [6.45, 7) is 7.58. The van der Waals surface area contributed by atoms with E-state index < -0.39 is 0 Å². The van der Waals surface area contributed by atoms with Crippen LogP contribution in [0, 0.1) is 13.8 Å². The highest BCUT2D eigenvalue weighted by Gasteiger charge is 2.12. The van der Waals surface area contributed by atoms with Crippen LogP contribution in [0.2, 0.25) is 0 Å². The Morgan fingerprint density at radius 2 is 2.04 bits per heavy atom. The van der Waals surface area contributed by atoms with Gasteiger partial charge in [-0.15, -0.1) is 11.3 Å². The van der Waals surface area contributed by atoms with E-state index in [0.29, 0.717) is 5.11 Å². The molecule has 1 fully saturated rings. The maximum absolute atomic E-state index is 5.39. The predicted octanol–water partition coefficient (Wildman–Crippen LogP) is 3.52. The summed E-state index contributed by atoms with van der Waals surface area (Å²) in [7, 11) is 0. The van der Waals surface area contributed by atoms with Gasteiger partial charge < -0.3 is 15.0 Å². The molecule has 1 aromatic carbocycles. The molecule has 5 nitrogen and oxygen atoms in total. The van der Waals surface area contributed by atoms with Crippen LogP contribution in [-0.2, 0) is 4.74 Å². The zero-order valence-electron chi connectivity index (χ0n) is 14.4. The van der Waals surface area contributed by atoms with Crippen molar-refractivity contribution in [1.82, 2.24) is 5.43 Å². The van der Waals surface area contributed by atoms with Gasteiger partial charge in [-0.1, -0.05) is 12.1 Å². The van der Waals surface area contributed by atoms with Crippen molar-refractivity contribution < 1.29 is 4.74 Å². The molecule has 7 heteroatoms. The summed E-state index contributed by atoms with van der Waals surface area (Å²) in [5, 5.41) is 9.15. The summed E-state index contributed by atoms with van der Waals surface area (Å²) >= 11 is 7.02. The van der Waals surface area contributed by atoms with E-state index in [2.05, 4.69) is 58.0 Å². The highest BCUT2D eigenvalue weighted by molar-refractivity contribution is 7.80. The van der Waals surface area contributed by atoms with Gasteiger partial charge in [0.05, 0.1) is 24.4 Å². The van der Waals surface area contributed by atoms with Crippen molar-refractivity contribution in [1.29, 1.82) is 0 Å². The van der Waals surface area contributed by atoms with E-state index in [1.54, 1.807) is 17.6 Å². The average Bonchev–Trinajstić information content (AvgIpc) is 3.08. The van der Waals surface area contributed by atoms with Gasteiger partial charge in [-0.05, 0) is 55.4 Å². The molecule has 1 aliphatic heterocycles. The van der Waals surface area contributed by atoms with Gasteiger partial charge in [-0.25, -0.2) is 0 Å². The van der Waals surface area contributed by atoms with Crippen molar-refractivity contribution in [3.8, 4) is 0 Å². The monoisotopic (exact) mass is 374 g/mol. The Labute approximate surface area is 157 Å². The predicted molar refractivity (Wildman–Crippen MR) is 110 cm³/mol. The lowest BCUT2D eigenvalue weighted by atomic mass is 10.1. The normalized spacial score (nSPS) is 14.7. The molecule has 0 atom stereocenters. The Morgan fingerprint density at radius 3 is 2.84 bits per heavy atom. The second-order valence-electron chi connectivity index (χ2n) is 5.92. The molecular weight excluding hydrogens is 352 g/mol. The molecule has 0 radical (unpaired) electrons. The van der Waals surface area contributed by atoms with Crippen LogP contribution in [0.5, 0.6) is 0 Å². The van der Waals surface area contributed by atoms with Crippen LogP contribution in [0.1, 0.15) is 16.0 Å². The van der Waals surface area contributed by atoms with E-state index in [4.69, 9.17) is 17.0 Å². The number of rotatable bonds is 4. The first-order valence-corrected chi connectivity index (χ1v) is 9.44. The van der Waals surface area contributed by atoms with E-state index in [1.807, 2.05) is 6.92 Å². The highest BCUT2D eigenvalue weighted by atomic mass is 32.1. The van der Waals surface area contributed by atoms with Gasteiger partial charge in [0.1, 0.15) is 0 Å². The number of anilines is 2. The van der Waals surface area contributed by atoms with Crippen LogP contribution in [0.25, 0.3) is 0 Å². The van der Waals surface area contributed by atoms with Crippen LogP contribution < -0.4 is 15.6 Å². The average molecular weight is 375 g/mol. The van der Waals surface area contributed by atoms with Crippen molar-refractivity contribution in [3.63, 3.8) is 0 Å². The number of ether oxygens (including phenoxy) is 1. The fourth-order valence-electron chi connectivity index (χ4n) is 2.54. The number of hydrogen-bond acceptors (Lipinski definition) is 5. The summed E-state index contributed by atoms with van der Waals surface area (Å²) in [5.41, 5.74) is 6.21. The van der Waals surface area contributed by atoms with Gasteiger partial charge in [0.2, 0.25) is 0 Å². The molecule has 0 unspecified atom stereocenters. The third-order valence-corrected chi connectivity index (χ3v) is 5.21. The standard InChI is InChI=1S/C18H22N4OS2/c1-13-3-4-14(2)16(11-13)20-18(24)21-19-12-15-5-6-17(25-15)22-7-9-23-10-8-22/h3-6,11-12H,7-10H2,1-2H3,(H2,20,21,24)/b19-12-. The van der Waals surface area contributed by atoms with Crippen LogP contribution in [0.4, 0.5) is 10.7 Å². The summed E-state index contributed by atoms with van der Waals surface area (Å²) in [6, 6.07) is 10.4. The number of hydrazone groups is 1. The molecule has 2 aromatic rings. The molecule has 0 saturated carbocycles. The number of hydrogen-bond donors (Lipinski definition) is 2. The van der Waals surface area contributed by atoms with E-state index in [9.17, 15) is 0 Å². The van der Waals surface area contributed by atoms with Crippen molar-refractivity contribution >= 4 is 45.6 Å². The van der Waals surface area contributed by atoms with Gasteiger partial charge in [0.15, 0.2) is 5.11 Å². The van der Waals surface area contributed by atoms with Gasteiger partial charge in [0.25, 0.3) is 0 Å². The van der Waals surface area contributed by atoms with Gasteiger partial charge in [0, 0.05) is 23.7 Å². The van der Waals surface area contributed by atoms with Crippen LogP contribution in [-0.4, -0.2) is 37.6 Å². The molecule has 132 valence electrons. The zero-order valence-corrected chi connectivity index (χ0v) is 16.0. The Balaban J connectivity index is 1.53. The van der Waals surface area contributed by atoms with Crippen LogP contribution in [0.15, 0.2) is 35.4 Å². The highest BCUT2D eigenvalue weighted by Crippen LogP contribution is 2.25.